The number of aromatic nitrogens is 2. The van der Waals surface area contributed by atoms with Gasteiger partial charge in [-0.2, -0.15) is 0 Å². The monoisotopic (exact) mass is 229 g/mol. The Bertz CT molecular complexity index is 459. The third kappa shape index (κ3) is 3.26. The smallest absolute Gasteiger partial charge is 0.142 e. The van der Waals surface area contributed by atoms with E-state index in [0.29, 0.717) is 13.2 Å². The topological polar surface area (TPSA) is 61.0 Å². The Morgan fingerprint density at radius 2 is 1.94 bits per heavy atom. The first-order valence-electron chi connectivity index (χ1n) is 5.57. The predicted molar refractivity (Wildman–Crippen MR) is 65.6 cm³/mol. The van der Waals surface area contributed by atoms with E-state index in [9.17, 15) is 0 Å². The number of nitrogens with two attached hydrogens (primary N) is 1. The van der Waals surface area contributed by atoms with E-state index in [1.807, 2.05) is 30.3 Å². The largest absolute Gasteiger partial charge is 0.491 e. The normalized spacial score (nSPS) is 10.2. The number of hydrogen-bond acceptors (Lipinski definition) is 4. The molecule has 2 heterocycles. The van der Waals surface area contributed by atoms with Crippen LogP contribution in [0.2, 0.25) is 0 Å². The summed E-state index contributed by atoms with van der Waals surface area (Å²) in [6.07, 6.45) is 4.28. The molecule has 0 unspecified atom stereocenters. The van der Waals surface area contributed by atoms with E-state index >= 15 is 0 Å². The molecule has 0 fully saturated rings. The van der Waals surface area contributed by atoms with Crippen molar-refractivity contribution in [3.8, 4) is 5.75 Å². The van der Waals surface area contributed by atoms with Crippen LogP contribution in [0, 0.1) is 0 Å². The van der Waals surface area contributed by atoms with Crippen molar-refractivity contribution in [3.63, 3.8) is 0 Å². The molecule has 0 radical (unpaired) electrons. The third-order valence-corrected chi connectivity index (χ3v) is 2.38. The molecule has 2 aromatic heterocycles. The maximum Gasteiger partial charge on any atom is 0.142 e. The highest BCUT2D eigenvalue weighted by Gasteiger charge is 2.02. The summed E-state index contributed by atoms with van der Waals surface area (Å²) in [5.74, 6) is 0.755. The van der Waals surface area contributed by atoms with Gasteiger partial charge in [0.1, 0.15) is 5.75 Å². The van der Waals surface area contributed by atoms with E-state index in [2.05, 4.69) is 9.97 Å². The summed E-state index contributed by atoms with van der Waals surface area (Å²) in [5.41, 5.74) is 7.38. The van der Waals surface area contributed by atoms with Crippen molar-refractivity contribution in [1.82, 2.24) is 9.97 Å². The SMILES string of the molecule is NCc1ncccc1OCCc1ccccn1. The van der Waals surface area contributed by atoms with Crippen LogP contribution in [0.25, 0.3) is 0 Å². The van der Waals surface area contributed by atoms with Crippen molar-refractivity contribution in [3.05, 3.63) is 54.1 Å². The van der Waals surface area contributed by atoms with Crippen LogP contribution in [-0.2, 0) is 13.0 Å². The first-order valence-corrected chi connectivity index (χ1v) is 5.57. The van der Waals surface area contributed by atoms with Crippen molar-refractivity contribution >= 4 is 0 Å². The number of pyridine rings is 2. The number of hydrogen-bond donors (Lipinski definition) is 1. The second-order valence-corrected chi connectivity index (χ2v) is 3.57. The lowest BCUT2D eigenvalue weighted by Crippen LogP contribution is -2.07. The van der Waals surface area contributed by atoms with Gasteiger partial charge in [-0.1, -0.05) is 6.07 Å². The molecule has 88 valence electrons. The first-order chi connectivity index (χ1) is 8.40. The zero-order chi connectivity index (χ0) is 11.9. The van der Waals surface area contributed by atoms with Crippen LogP contribution in [0.4, 0.5) is 0 Å². The highest BCUT2D eigenvalue weighted by Crippen LogP contribution is 2.14. The van der Waals surface area contributed by atoms with Gasteiger partial charge in [-0.15, -0.1) is 0 Å². The molecule has 0 amide bonds. The van der Waals surface area contributed by atoms with Gasteiger partial charge < -0.3 is 10.5 Å². The lowest BCUT2D eigenvalue weighted by Gasteiger charge is -2.08. The van der Waals surface area contributed by atoms with Gasteiger partial charge in [0, 0.05) is 31.1 Å². The van der Waals surface area contributed by atoms with Crippen molar-refractivity contribution in [2.24, 2.45) is 5.73 Å². The van der Waals surface area contributed by atoms with Gasteiger partial charge in [-0.3, -0.25) is 9.97 Å². The second kappa shape index (κ2) is 5.96. The van der Waals surface area contributed by atoms with E-state index in [0.717, 1.165) is 23.6 Å². The average molecular weight is 229 g/mol. The van der Waals surface area contributed by atoms with E-state index in [1.165, 1.54) is 0 Å². The summed E-state index contributed by atoms with van der Waals surface area (Å²) in [6, 6.07) is 9.58. The molecular weight excluding hydrogens is 214 g/mol. The average Bonchev–Trinajstić information content (AvgIpc) is 2.40. The quantitative estimate of drug-likeness (QED) is 0.845. The summed E-state index contributed by atoms with van der Waals surface area (Å²) in [4.78, 5) is 8.39. The molecule has 0 aromatic carbocycles. The Balaban J connectivity index is 1.90. The molecule has 0 aliphatic rings. The van der Waals surface area contributed by atoms with Crippen LogP contribution < -0.4 is 10.5 Å². The number of rotatable bonds is 5. The summed E-state index contributed by atoms with van der Waals surface area (Å²) in [6.45, 7) is 0.968. The Morgan fingerprint density at radius 3 is 2.71 bits per heavy atom. The fourth-order valence-electron chi connectivity index (χ4n) is 1.52. The Hall–Kier alpha value is -1.94. The van der Waals surface area contributed by atoms with Gasteiger partial charge >= 0.3 is 0 Å². The van der Waals surface area contributed by atoms with Crippen molar-refractivity contribution < 1.29 is 4.74 Å². The van der Waals surface area contributed by atoms with Crippen LogP contribution in [-0.4, -0.2) is 16.6 Å². The van der Waals surface area contributed by atoms with E-state index < -0.39 is 0 Å². The summed E-state index contributed by atoms with van der Waals surface area (Å²) < 4.78 is 5.65. The molecule has 2 aromatic rings. The van der Waals surface area contributed by atoms with E-state index in [1.54, 1.807) is 12.4 Å². The molecule has 0 saturated carbocycles. The maximum absolute atomic E-state index is 5.65. The van der Waals surface area contributed by atoms with Gasteiger partial charge in [-0.25, -0.2) is 0 Å². The predicted octanol–water partition coefficient (Wildman–Crippen LogP) is 1.56. The molecule has 4 heteroatoms. The third-order valence-electron chi connectivity index (χ3n) is 2.38. The van der Waals surface area contributed by atoms with Crippen LogP contribution in [0.1, 0.15) is 11.4 Å². The second-order valence-electron chi connectivity index (χ2n) is 3.57. The Labute approximate surface area is 100 Å². The van der Waals surface area contributed by atoms with Crippen LogP contribution in [0.15, 0.2) is 42.7 Å². The summed E-state index contributed by atoms with van der Waals surface area (Å²) in [5, 5.41) is 0. The highest BCUT2D eigenvalue weighted by atomic mass is 16.5. The Kier molecular flexibility index (Phi) is 4.05. The van der Waals surface area contributed by atoms with Gasteiger partial charge in [0.15, 0.2) is 0 Å². The lowest BCUT2D eigenvalue weighted by molar-refractivity contribution is 0.315. The van der Waals surface area contributed by atoms with Crippen LogP contribution in [0.3, 0.4) is 0 Å². The van der Waals surface area contributed by atoms with Gasteiger partial charge in [0.2, 0.25) is 0 Å². The molecule has 0 bridgehead atoms. The fraction of sp³-hybridized carbons (Fsp3) is 0.231. The van der Waals surface area contributed by atoms with Crippen molar-refractivity contribution in [1.29, 1.82) is 0 Å². The van der Waals surface area contributed by atoms with E-state index in [-0.39, 0.29) is 0 Å². The maximum atomic E-state index is 5.65. The molecular formula is C13H15N3O. The van der Waals surface area contributed by atoms with Gasteiger partial charge in [0.05, 0.1) is 12.3 Å². The summed E-state index contributed by atoms with van der Waals surface area (Å²) >= 11 is 0. The highest BCUT2D eigenvalue weighted by molar-refractivity contribution is 5.26. The molecule has 0 aliphatic heterocycles. The minimum absolute atomic E-state index is 0.389. The lowest BCUT2D eigenvalue weighted by atomic mass is 10.3. The van der Waals surface area contributed by atoms with Crippen molar-refractivity contribution in [2.45, 2.75) is 13.0 Å². The minimum atomic E-state index is 0.389. The minimum Gasteiger partial charge on any atom is -0.491 e. The molecule has 0 saturated heterocycles. The molecule has 0 atom stereocenters. The van der Waals surface area contributed by atoms with Crippen molar-refractivity contribution in [2.75, 3.05) is 6.61 Å². The van der Waals surface area contributed by atoms with Gasteiger partial charge in [-0.05, 0) is 24.3 Å². The number of ether oxygens (including phenoxy) is 1. The molecule has 2 N–H and O–H groups in total. The summed E-state index contributed by atoms with van der Waals surface area (Å²) in [7, 11) is 0. The van der Waals surface area contributed by atoms with Crippen LogP contribution in [0.5, 0.6) is 5.75 Å². The first kappa shape index (κ1) is 11.5. The zero-order valence-electron chi connectivity index (χ0n) is 9.54. The number of nitrogens with zero attached hydrogens (tertiary/aromatic N) is 2. The van der Waals surface area contributed by atoms with Gasteiger partial charge in [0.25, 0.3) is 0 Å². The molecule has 2 rings (SSSR count). The zero-order valence-corrected chi connectivity index (χ0v) is 9.54. The fourth-order valence-corrected chi connectivity index (χ4v) is 1.52. The standard InChI is InChI=1S/C13H15N3O/c14-10-12-13(5-3-8-16-12)17-9-6-11-4-1-2-7-15-11/h1-5,7-8H,6,9-10,14H2. The Morgan fingerprint density at radius 1 is 1.06 bits per heavy atom. The molecule has 4 nitrogen and oxygen atoms in total. The van der Waals surface area contributed by atoms with Crippen LogP contribution >= 0.6 is 0 Å². The molecule has 0 aliphatic carbocycles. The molecule has 0 spiro atoms. The molecule has 17 heavy (non-hydrogen) atoms. The van der Waals surface area contributed by atoms with E-state index in [4.69, 9.17) is 10.5 Å².